The smallest absolute Gasteiger partial charge is 0.223 e. The zero-order valence-electron chi connectivity index (χ0n) is 12.9. The van der Waals surface area contributed by atoms with Gasteiger partial charge in [0.15, 0.2) is 0 Å². The first kappa shape index (κ1) is 15.8. The molecule has 3 atom stereocenters. The van der Waals surface area contributed by atoms with Crippen LogP contribution >= 0.6 is 23.2 Å². The summed E-state index contributed by atoms with van der Waals surface area (Å²) < 4.78 is 0. The number of hydrogen-bond acceptors (Lipinski definition) is 3. The number of carbonyl (C=O) groups excluding carboxylic acids is 1. The van der Waals surface area contributed by atoms with Crippen LogP contribution in [0.2, 0.25) is 10.0 Å². The average molecular weight is 366 g/mol. The lowest BCUT2D eigenvalue weighted by Gasteiger charge is -2.33. The predicted octanol–water partition coefficient (Wildman–Crippen LogP) is 3.68. The van der Waals surface area contributed by atoms with Gasteiger partial charge < -0.3 is 10.0 Å². The van der Waals surface area contributed by atoms with Gasteiger partial charge in [-0.2, -0.15) is 5.10 Å². The first-order chi connectivity index (χ1) is 11.5. The van der Waals surface area contributed by atoms with Gasteiger partial charge in [0, 0.05) is 42.6 Å². The number of aromatic nitrogens is 2. The Morgan fingerprint density at radius 2 is 2.00 bits per heavy atom. The summed E-state index contributed by atoms with van der Waals surface area (Å²) in [5.41, 5.74) is 1.60. The minimum absolute atomic E-state index is 0.00286. The summed E-state index contributed by atoms with van der Waals surface area (Å²) in [6, 6.07) is 5.23. The summed E-state index contributed by atoms with van der Waals surface area (Å²) in [5, 5.41) is 18.1. The molecule has 0 saturated carbocycles. The molecular weight excluding hydrogens is 349 g/mol. The van der Waals surface area contributed by atoms with Crippen LogP contribution in [0.3, 0.4) is 0 Å². The second-order valence-corrected chi connectivity index (χ2v) is 7.35. The number of aromatic amines is 1. The monoisotopic (exact) mass is 365 g/mol. The Morgan fingerprint density at radius 3 is 2.75 bits per heavy atom. The van der Waals surface area contributed by atoms with E-state index in [1.165, 1.54) is 0 Å². The van der Waals surface area contributed by atoms with Crippen molar-refractivity contribution in [3.05, 3.63) is 45.7 Å². The maximum Gasteiger partial charge on any atom is 0.223 e. The Balaban J connectivity index is 1.60. The molecule has 0 bridgehead atoms. The highest BCUT2D eigenvalue weighted by Crippen LogP contribution is 2.46. The molecule has 2 aromatic rings. The fraction of sp³-hybridized carbons (Fsp3) is 0.412. The van der Waals surface area contributed by atoms with Crippen LogP contribution in [-0.4, -0.2) is 38.7 Å². The fourth-order valence-corrected chi connectivity index (χ4v) is 4.54. The van der Waals surface area contributed by atoms with Crippen molar-refractivity contribution in [2.45, 2.75) is 37.1 Å². The first-order valence-electron chi connectivity index (χ1n) is 8.00. The van der Waals surface area contributed by atoms with E-state index in [2.05, 4.69) is 10.2 Å². The third-order valence-corrected chi connectivity index (χ3v) is 5.99. The Bertz CT molecular complexity index is 778. The van der Waals surface area contributed by atoms with Gasteiger partial charge in [-0.05, 0) is 31.0 Å². The van der Waals surface area contributed by atoms with Gasteiger partial charge in [0.1, 0.15) is 5.75 Å². The molecule has 2 fully saturated rings. The molecule has 7 heteroatoms. The average Bonchev–Trinajstić information content (AvgIpc) is 3.20. The summed E-state index contributed by atoms with van der Waals surface area (Å²) in [6.07, 6.45) is 3.92. The molecule has 2 N–H and O–H groups in total. The molecule has 1 aromatic carbocycles. The summed E-state index contributed by atoms with van der Waals surface area (Å²) in [7, 11) is 0. The summed E-state index contributed by atoms with van der Waals surface area (Å²) >= 11 is 12.4. The van der Waals surface area contributed by atoms with Crippen LogP contribution in [-0.2, 0) is 4.79 Å². The number of nitrogens with zero attached hydrogens (tertiary/aromatic N) is 2. The number of phenols is 1. The van der Waals surface area contributed by atoms with Crippen LogP contribution in [0.1, 0.15) is 42.4 Å². The quantitative estimate of drug-likeness (QED) is 0.852. The van der Waals surface area contributed by atoms with Crippen molar-refractivity contribution in [1.82, 2.24) is 15.1 Å². The van der Waals surface area contributed by atoms with Gasteiger partial charge in [-0.1, -0.05) is 23.2 Å². The molecule has 0 aliphatic carbocycles. The minimum atomic E-state index is 0.00286. The van der Waals surface area contributed by atoms with Crippen LogP contribution in [0.25, 0.3) is 0 Å². The fourth-order valence-electron chi connectivity index (χ4n) is 4.06. The number of hydrogen-bond donors (Lipinski definition) is 2. The Hall–Kier alpha value is -1.72. The number of aromatic hydroxyl groups is 1. The second-order valence-electron chi connectivity index (χ2n) is 6.56. The highest BCUT2D eigenvalue weighted by molar-refractivity contribution is 6.42. The van der Waals surface area contributed by atoms with Gasteiger partial charge in [-0.15, -0.1) is 0 Å². The third kappa shape index (κ3) is 2.56. The summed E-state index contributed by atoms with van der Waals surface area (Å²) in [4.78, 5) is 14.5. The van der Waals surface area contributed by atoms with Gasteiger partial charge >= 0.3 is 0 Å². The number of amides is 1. The van der Waals surface area contributed by atoms with Crippen molar-refractivity contribution >= 4 is 29.1 Å². The lowest BCUT2D eigenvalue weighted by molar-refractivity contribution is -0.135. The number of rotatable bonds is 2. The molecule has 2 aliphatic rings. The molecule has 0 spiro atoms. The second kappa shape index (κ2) is 5.97. The summed E-state index contributed by atoms with van der Waals surface area (Å²) in [6.45, 7) is 0.574. The lowest BCUT2D eigenvalue weighted by atomic mass is 9.86. The highest BCUT2D eigenvalue weighted by Gasteiger charge is 2.43. The van der Waals surface area contributed by atoms with E-state index in [4.69, 9.17) is 23.2 Å². The predicted molar refractivity (Wildman–Crippen MR) is 91.5 cm³/mol. The zero-order chi connectivity index (χ0) is 16.8. The molecule has 4 rings (SSSR count). The number of nitrogens with one attached hydrogen (secondary N) is 1. The van der Waals surface area contributed by atoms with Gasteiger partial charge in [-0.3, -0.25) is 9.89 Å². The normalized spacial score (nSPS) is 26.7. The lowest BCUT2D eigenvalue weighted by Crippen LogP contribution is -2.41. The van der Waals surface area contributed by atoms with Crippen LogP contribution in [0.5, 0.6) is 5.75 Å². The molecule has 126 valence electrons. The molecule has 3 heterocycles. The van der Waals surface area contributed by atoms with E-state index < -0.39 is 0 Å². The molecule has 5 nitrogen and oxygen atoms in total. The SMILES string of the molecule is O=C1C[C@@H](c2cc[nH]n2)C[C@@H]2C[C@H](c3c(O)ccc(Cl)c3Cl)CN12. The van der Waals surface area contributed by atoms with E-state index in [0.29, 0.717) is 28.6 Å². The zero-order valence-corrected chi connectivity index (χ0v) is 14.4. The van der Waals surface area contributed by atoms with Crippen LogP contribution in [0.4, 0.5) is 0 Å². The van der Waals surface area contributed by atoms with Crippen molar-refractivity contribution in [3.63, 3.8) is 0 Å². The number of phenolic OH excluding ortho intramolecular Hbond substituents is 1. The van der Waals surface area contributed by atoms with E-state index in [0.717, 1.165) is 18.5 Å². The molecule has 2 aliphatic heterocycles. The highest BCUT2D eigenvalue weighted by atomic mass is 35.5. The van der Waals surface area contributed by atoms with E-state index in [-0.39, 0.29) is 29.5 Å². The molecule has 24 heavy (non-hydrogen) atoms. The summed E-state index contributed by atoms with van der Waals surface area (Å²) in [5.74, 6) is 0.431. The largest absolute Gasteiger partial charge is 0.508 e. The Morgan fingerprint density at radius 1 is 1.21 bits per heavy atom. The van der Waals surface area contributed by atoms with Crippen LogP contribution in [0, 0.1) is 0 Å². The number of fused-ring (bicyclic) bond motifs is 1. The van der Waals surface area contributed by atoms with Crippen LogP contribution in [0.15, 0.2) is 24.4 Å². The van der Waals surface area contributed by atoms with Gasteiger partial charge in [-0.25, -0.2) is 0 Å². The molecule has 2 saturated heterocycles. The molecule has 1 aromatic heterocycles. The molecule has 0 radical (unpaired) electrons. The number of halogens is 2. The van der Waals surface area contributed by atoms with Gasteiger partial charge in [0.25, 0.3) is 0 Å². The topological polar surface area (TPSA) is 69.2 Å². The maximum absolute atomic E-state index is 12.6. The minimum Gasteiger partial charge on any atom is -0.508 e. The van der Waals surface area contributed by atoms with E-state index in [1.54, 1.807) is 18.3 Å². The van der Waals surface area contributed by atoms with Crippen molar-refractivity contribution in [3.8, 4) is 5.75 Å². The maximum atomic E-state index is 12.6. The van der Waals surface area contributed by atoms with Crippen molar-refractivity contribution in [2.75, 3.05) is 6.54 Å². The van der Waals surface area contributed by atoms with E-state index in [9.17, 15) is 9.90 Å². The van der Waals surface area contributed by atoms with Crippen molar-refractivity contribution < 1.29 is 9.90 Å². The van der Waals surface area contributed by atoms with Gasteiger partial charge in [0.2, 0.25) is 5.91 Å². The van der Waals surface area contributed by atoms with E-state index >= 15 is 0 Å². The number of piperidine rings is 1. The number of carbonyl (C=O) groups is 1. The van der Waals surface area contributed by atoms with Crippen molar-refractivity contribution in [2.24, 2.45) is 0 Å². The van der Waals surface area contributed by atoms with Crippen molar-refractivity contribution in [1.29, 1.82) is 0 Å². The first-order valence-corrected chi connectivity index (χ1v) is 8.76. The Labute approximate surface area is 149 Å². The van der Waals surface area contributed by atoms with E-state index in [1.807, 2.05) is 11.0 Å². The molecule has 0 unspecified atom stereocenters. The number of H-pyrrole nitrogens is 1. The Kier molecular flexibility index (Phi) is 3.93. The number of benzene rings is 1. The molecular formula is C17H17Cl2N3O2. The standard InChI is InChI=1S/C17H17Cl2N3O2/c18-12-1-2-14(23)16(17(12)19)10-6-11-5-9(13-3-4-20-21-13)7-15(24)22(11)8-10/h1-4,9-11,23H,5-8H2,(H,20,21)/t9-,10-,11+/m0/s1. The van der Waals surface area contributed by atoms with Crippen LogP contribution < -0.4 is 0 Å². The van der Waals surface area contributed by atoms with Gasteiger partial charge in [0.05, 0.1) is 15.7 Å². The molecule has 1 amide bonds. The third-order valence-electron chi connectivity index (χ3n) is 5.17.